The van der Waals surface area contributed by atoms with Crippen LogP contribution >= 0.6 is 0 Å². The van der Waals surface area contributed by atoms with Crippen molar-refractivity contribution in [2.45, 2.75) is 46.3 Å². The molecule has 0 bridgehead atoms. The molecule has 0 radical (unpaired) electrons. The Hall–Kier alpha value is -1.32. The zero-order chi connectivity index (χ0) is 12.3. The molecule has 0 saturated carbocycles. The minimum absolute atomic E-state index is 0.245. The number of carbonyl (C=O) groups is 2. The molecule has 2 atom stereocenters. The molecule has 0 aromatic heterocycles. The zero-order valence-corrected chi connectivity index (χ0v) is 10.1. The first kappa shape index (κ1) is 12.7. The summed E-state index contributed by atoms with van der Waals surface area (Å²) in [6.07, 6.45) is 3.48. The minimum Gasteiger partial charge on any atom is -0.458 e. The molecule has 0 amide bonds. The lowest BCUT2D eigenvalue weighted by Crippen LogP contribution is -2.27. The Morgan fingerprint density at radius 2 is 1.62 bits per heavy atom. The zero-order valence-electron chi connectivity index (χ0n) is 10.1. The predicted molar refractivity (Wildman–Crippen MR) is 58.6 cm³/mol. The molecule has 0 heterocycles. The monoisotopic (exact) mass is 226 g/mol. The number of rotatable bonds is 2. The molecule has 0 unspecified atom stereocenters. The van der Waals surface area contributed by atoms with E-state index in [2.05, 4.69) is 0 Å². The van der Waals surface area contributed by atoms with Crippen molar-refractivity contribution in [3.8, 4) is 0 Å². The average Bonchev–Trinajstić information content (AvgIpc) is 2.49. The molecule has 0 fully saturated rings. The Morgan fingerprint density at radius 3 is 2.06 bits per heavy atom. The van der Waals surface area contributed by atoms with Crippen LogP contribution in [0.3, 0.4) is 0 Å². The third-order valence-corrected chi connectivity index (χ3v) is 2.19. The van der Waals surface area contributed by atoms with E-state index in [0.717, 1.165) is 0 Å². The van der Waals surface area contributed by atoms with E-state index in [0.29, 0.717) is 6.42 Å². The van der Waals surface area contributed by atoms with Crippen LogP contribution in [0.4, 0.5) is 0 Å². The van der Waals surface area contributed by atoms with Crippen molar-refractivity contribution in [3.63, 3.8) is 0 Å². The highest BCUT2D eigenvalue weighted by molar-refractivity contribution is 5.75. The summed E-state index contributed by atoms with van der Waals surface area (Å²) in [5.41, 5.74) is -0.507. The maximum atomic E-state index is 11.6. The third kappa shape index (κ3) is 3.68. The van der Waals surface area contributed by atoms with Crippen LogP contribution in [0.15, 0.2) is 12.2 Å². The fraction of sp³-hybridized carbons (Fsp3) is 0.667. The SMILES string of the molecule is CC(=O)O[C@H]1C=C[C@@H](OC(=O)C(C)(C)C)C1. The van der Waals surface area contributed by atoms with Crippen LogP contribution in [0.5, 0.6) is 0 Å². The Kier molecular flexibility index (Phi) is 3.73. The van der Waals surface area contributed by atoms with E-state index >= 15 is 0 Å². The lowest BCUT2D eigenvalue weighted by atomic mass is 9.97. The van der Waals surface area contributed by atoms with Gasteiger partial charge in [0, 0.05) is 13.3 Å². The maximum Gasteiger partial charge on any atom is 0.311 e. The van der Waals surface area contributed by atoms with Gasteiger partial charge in [-0.3, -0.25) is 9.59 Å². The lowest BCUT2D eigenvalue weighted by molar-refractivity contribution is -0.157. The summed E-state index contributed by atoms with van der Waals surface area (Å²) in [6, 6.07) is 0. The number of ether oxygens (including phenoxy) is 2. The van der Waals surface area contributed by atoms with Crippen LogP contribution in [-0.2, 0) is 19.1 Å². The maximum absolute atomic E-state index is 11.6. The first-order valence-corrected chi connectivity index (χ1v) is 5.35. The van der Waals surface area contributed by atoms with Crippen LogP contribution < -0.4 is 0 Å². The summed E-state index contributed by atoms with van der Waals surface area (Å²) in [6.45, 7) is 6.77. The van der Waals surface area contributed by atoms with Gasteiger partial charge in [0.2, 0.25) is 0 Å². The van der Waals surface area contributed by atoms with Crippen LogP contribution in [-0.4, -0.2) is 24.1 Å². The van der Waals surface area contributed by atoms with Gasteiger partial charge in [-0.1, -0.05) is 0 Å². The van der Waals surface area contributed by atoms with Crippen molar-refractivity contribution in [2.24, 2.45) is 5.41 Å². The van der Waals surface area contributed by atoms with Crippen molar-refractivity contribution < 1.29 is 19.1 Å². The molecule has 0 N–H and O–H groups in total. The molecular formula is C12H18O4. The number of esters is 2. The second kappa shape index (κ2) is 4.68. The van der Waals surface area contributed by atoms with Gasteiger partial charge < -0.3 is 9.47 Å². The van der Waals surface area contributed by atoms with E-state index in [1.165, 1.54) is 6.92 Å². The van der Waals surface area contributed by atoms with Gasteiger partial charge in [0.15, 0.2) is 0 Å². The number of hydrogen-bond donors (Lipinski definition) is 0. The van der Waals surface area contributed by atoms with Gasteiger partial charge in [-0.25, -0.2) is 0 Å². The van der Waals surface area contributed by atoms with Gasteiger partial charge in [0.1, 0.15) is 12.2 Å². The third-order valence-electron chi connectivity index (χ3n) is 2.19. The largest absolute Gasteiger partial charge is 0.458 e. The first-order chi connectivity index (χ1) is 7.29. The van der Waals surface area contributed by atoms with Crippen LogP contribution in [0, 0.1) is 5.41 Å². The molecule has 0 aromatic rings. The van der Waals surface area contributed by atoms with Gasteiger partial charge in [-0.2, -0.15) is 0 Å². The quantitative estimate of drug-likeness (QED) is 0.532. The highest BCUT2D eigenvalue weighted by Gasteiger charge is 2.29. The van der Waals surface area contributed by atoms with Crippen LogP contribution in [0.1, 0.15) is 34.1 Å². The minimum atomic E-state index is -0.507. The standard InChI is InChI=1S/C12H18O4/c1-8(13)15-9-5-6-10(7-9)16-11(14)12(2,3)4/h5-6,9-10H,7H2,1-4H3/t9-,10+/m0/s1. The number of hydrogen-bond acceptors (Lipinski definition) is 4. The molecule has 0 aliphatic heterocycles. The Labute approximate surface area is 95.6 Å². The van der Waals surface area contributed by atoms with Crippen molar-refractivity contribution in [2.75, 3.05) is 0 Å². The Balaban J connectivity index is 2.41. The summed E-state index contributed by atoms with van der Waals surface area (Å²) in [7, 11) is 0. The molecule has 0 spiro atoms. The van der Waals surface area contributed by atoms with E-state index < -0.39 is 5.41 Å². The Bertz CT molecular complexity index is 311. The normalized spacial score (nSPS) is 24.2. The van der Waals surface area contributed by atoms with E-state index in [1.54, 1.807) is 32.9 Å². The first-order valence-electron chi connectivity index (χ1n) is 5.35. The van der Waals surface area contributed by atoms with Crippen LogP contribution in [0.2, 0.25) is 0 Å². The second-order valence-electron chi connectivity index (χ2n) is 4.96. The van der Waals surface area contributed by atoms with E-state index in [9.17, 15) is 9.59 Å². The Morgan fingerprint density at radius 1 is 1.12 bits per heavy atom. The summed E-state index contributed by atoms with van der Waals surface area (Å²) in [5.74, 6) is -0.567. The summed E-state index contributed by atoms with van der Waals surface area (Å²) >= 11 is 0. The van der Waals surface area contributed by atoms with Crippen molar-refractivity contribution in [1.82, 2.24) is 0 Å². The average molecular weight is 226 g/mol. The molecular weight excluding hydrogens is 208 g/mol. The molecule has 0 saturated heterocycles. The second-order valence-corrected chi connectivity index (χ2v) is 4.96. The summed E-state index contributed by atoms with van der Waals surface area (Å²) < 4.78 is 10.3. The van der Waals surface area contributed by atoms with Gasteiger partial charge in [-0.15, -0.1) is 0 Å². The molecule has 1 aliphatic carbocycles. The van der Waals surface area contributed by atoms with Gasteiger partial charge in [0.25, 0.3) is 0 Å². The number of carbonyl (C=O) groups excluding carboxylic acids is 2. The van der Waals surface area contributed by atoms with Crippen LogP contribution in [0.25, 0.3) is 0 Å². The molecule has 1 aliphatic rings. The lowest BCUT2D eigenvalue weighted by Gasteiger charge is -2.20. The fourth-order valence-corrected chi connectivity index (χ4v) is 1.34. The smallest absolute Gasteiger partial charge is 0.311 e. The highest BCUT2D eigenvalue weighted by Crippen LogP contribution is 2.22. The summed E-state index contributed by atoms with van der Waals surface area (Å²) in [4.78, 5) is 22.3. The molecule has 0 aromatic carbocycles. The van der Waals surface area contributed by atoms with E-state index in [1.807, 2.05) is 0 Å². The van der Waals surface area contributed by atoms with Crippen molar-refractivity contribution in [1.29, 1.82) is 0 Å². The fourth-order valence-electron chi connectivity index (χ4n) is 1.34. The van der Waals surface area contributed by atoms with Gasteiger partial charge >= 0.3 is 11.9 Å². The van der Waals surface area contributed by atoms with E-state index in [4.69, 9.17) is 9.47 Å². The topological polar surface area (TPSA) is 52.6 Å². The molecule has 1 rings (SSSR count). The molecule has 4 heteroatoms. The van der Waals surface area contributed by atoms with Gasteiger partial charge in [0.05, 0.1) is 5.41 Å². The van der Waals surface area contributed by atoms with Gasteiger partial charge in [-0.05, 0) is 32.9 Å². The molecule has 4 nitrogen and oxygen atoms in total. The molecule has 90 valence electrons. The van der Waals surface area contributed by atoms with E-state index in [-0.39, 0.29) is 24.1 Å². The summed E-state index contributed by atoms with van der Waals surface area (Å²) in [5, 5.41) is 0. The van der Waals surface area contributed by atoms with Crippen molar-refractivity contribution in [3.05, 3.63) is 12.2 Å². The highest BCUT2D eigenvalue weighted by atomic mass is 16.6. The van der Waals surface area contributed by atoms with Crippen molar-refractivity contribution >= 4 is 11.9 Å². The molecule has 16 heavy (non-hydrogen) atoms. The predicted octanol–water partition coefficient (Wildman–Crippen LogP) is 1.84.